The Morgan fingerprint density at radius 3 is 2.65 bits per heavy atom. The first kappa shape index (κ1) is 28.4. The summed E-state index contributed by atoms with van der Waals surface area (Å²) in [5, 5.41) is 9.78. The van der Waals surface area contributed by atoms with Crippen molar-refractivity contribution in [3.05, 3.63) is 77.0 Å². The van der Waals surface area contributed by atoms with Crippen molar-refractivity contribution in [3.63, 3.8) is 0 Å². The number of pyridine rings is 1. The Bertz CT molecular complexity index is 1540. The maximum absolute atomic E-state index is 14.7. The molecule has 0 radical (unpaired) electrons. The smallest absolute Gasteiger partial charge is 0.411 e. The predicted molar refractivity (Wildman–Crippen MR) is 143 cm³/mol. The number of nitrogens with one attached hydrogen (secondary N) is 3. The van der Waals surface area contributed by atoms with Gasteiger partial charge in [0.15, 0.2) is 5.82 Å². The molecule has 1 aromatic carbocycles. The van der Waals surface area contributed by atoms with Crippen LogP contribution in [-0.2, 0) is 16.0 Å². The molecule has 13 heteroatoms. The first-order chi connectivity index (χ1) is 19.2. The molecule has 210 valence electrons. The van der Waals surface area contributed by atoms with Gasteiger partial charge in [-0.3, -0.25) is 19.9 Å². The Hall–Kier alpha value is -4.65. The van der Waals surface area contributed by atoms with Crippen LogP contribution >= 0.6 is 0 Å². The minimum absolute atomic E-state index is 0.125. The van der Waals surface area contributed by atoms with Crippen molar-refractivity contribution in [2.45, 2.75) is 39.5 Å². The fourth-order valence-electron chi connectivity index (χ4n) is 4.21. The van der Waals surface area contributed by atoms with E-state index in [9.17, 15) is 18.4 Å². The van der Waals surface area contributed by atoms with Crippen LogP contribution in [0.1, 0.15) is 53.5 Å². The molecule has 11 nitrogen and oxygen atoms in total. The van der Waals surface area contributed by atoms with Crippen LogP contribution in [0.15, 0.2) is 42.9 Å². The second kappa shape index (κ2) is 12.5. The van der Waals surface area contributed by atoms with E-state index in [0.29, 0.717) is 35.7 Å². The van der Waals surface area contributed by atoms with E-state index in [1.165, 1.54) is 18.0 Å². The number of hydrogen-bond acceptors (Lipinski definition) is 8. The molecule has 3 N–H and O–H groups in total. The molecule has 0 saturated carbocycles. The first-order valence-electron chi connectivity index (χ1n) is 12.5. The second-order valence-corrected chi connectivity index (χ2v) is 9.22. The first-order valence-corrected chi connectivity index (χ1v) is 12.5. The number of benzene rings is 1. The lowest BCUT2D eigenvalue weighted by atomic mass is 10.0. The van der Waals surface area contributed by atoms with Crippen molar-refractivity contribution >= 4 is 34.7 Å². The molecule has 2 amide bonds. The SMILES string of the molecule is CONC(=O)c1cc(Nc2ncnn3cc(NC(=O)OCCCc4cccc(C)n4)c(C(C)C)c23)c(F)cc1F. The Balaban J connectivity index is 1.54. The minimum atomic E-state index is -1.06. The number of fused-ring (bicyclic) bond motifs is 1. The zero-order valence-electron chi connectivity index (χ0n) is 22.4. The zero-order chi connectivity index (χ0) is 28.8. The molecule has 0 aliphatic carbocycles. The van der Waals surface area contributed by atoms with Crippen molar-refractivity contribution in [1.29, 1.82) is 0 Å². The van der Waals surface area contributed by atoms with Gasteiger partial charge in [0.1, 0.15) is 23.5 Å². The van der Waals surface area contributed by atoms with Crippen LogP contribution in [0, 0.1) is 18.6 Å². The molecular weight excluding hydrogens is 524 g/mol. The Morgan fingerprint density at radius 1 is 1.12 bits per heavy atom. The minimum Gasteiger partial charge on any atom is -0.449 e. The van der Waals surface area contributed by atoms with Crippen molar-refractivity contribution in [1.82, 2.24) is 25.1 Å². The average molecular weight is 554 g/mol. The summed E-state index contributed by atoms with van der Waals surface area (Å²) in [4.78, 5) is 37.9. The van der Waals surface area contributed by atoms with Crippen LogP contribution in [0.4, 0.5) is 30.8 Å². The summed E-state index contributed by atoms with van der Waals surface area (Å²) < 4.78 is 35.8. The third kappa shape index (κ3) is 6.49. The van der Waals surface area contributed by atoms with Gasteiger partial charge in [-0.25, -0.2) is 28.6 Å². The Morgan fingerprint density at radius 2 is 1.93 bits per heavy atom. The number of carbonyl (C=O) groups is 2. The summed E-state index contributed by atoms with van der Waals surface area (Å²) in [6, 6.07) is 7.38. The molecule has 3 heterocycles. The van der Waals surface area contributed by atoms with Crippen LogP contribution < -0.4 is 16.1 Å². The molecule has 0 spiro atoms. The lowest BCUT2D eigenvalue weighted by Gasteiger charge is -2.14. The third-order valence-electron chi connectivity index (χ3n) is 5.93. The van der Waals surface area contributed by atoms with E-state index in [-0.39, 0.29) is 24.0 Å². The van der Waals surface area contributed by atoms with Crippen LogP contribution in [-0.4, -0.2) is 45.3 Å². The fourth-order valence-corrected chi connectivity index (χ4v) is 4.21. The molecule has 0 unspecified atom stereocenters. The number of aromatic nitrogens is 4. The molecule has 40 heavy (non-hydrogen) atoms. The van der Waals surface area contributed by atoms with E-state index < -0.39 is 29.2 Å². The number of anilines is 3. The monoisotopic (exact) mass is 553 g/mol. The fraction of sp³-hybridized carbons (Fsp3) is 0.296. The summed E-state index contributed by atoms with van der Waals surface area (Å²) in [6.07, 6.45) is 3.46. The molecule has 4 aromatic rings. The second-order valence-electron chi connectivity index (χ2n) is 9.22. The quantitative estimate of drug-likeness (QED) is 0.184. The van der Waals surface area contributed by atoms with E-state index in [1.54, 1.807) is 6.20 Å². The van der Waals surface area contributed by atoms with Gasteiger partial charge >= 0.3 is 6.09 Å². The van der Waals surface area contributed by atoms with Crippen molar-refractivity contribution in [3.8, 4) is 0 Å². The Labute approximate surface area is 228 Å². The lowest BCUT2D eigenvalue weighted by molar-refractivity contribution is 0.0533. The van der Waals surface area contributed by atoms with Crippen LogP contribution in [0.25, 0.3) is 5.52 Å². The number of aryl methyl sites for hydroxylation is 2. The summed E-state index contributed by atoms with van der Waals surface area (Å²) in [5.41, 5.74) is 4.76. The molecule has 4 rings (SSSR count). The van der Waals surface area contributed by atoms with Gasteiger partial charge in [0.2, 0.25) is 0 Å². The standard InChI is InChI=1S/C27H29F2N7O4/c1-15(2)23-22(34-27(38)40-10-6-9-17-8-5-7-16(3)32-17)13-36-24(23)25(30-14-31-36)33-21-11-18(26(37)35-39-4)19(28)12-20(21)29/h5,7-8,11-15H,6,9-10H2,1-4H3,(H,34,38)(H,35,37)(H,30,31,33). The van der Waals surface area contributed by atoms with Crippen LogP contribution in [0.2, 0.25) is 0 Å². The number of hydroxylamine groups is 1. The summed E-state index contributed by atoms with van der Waals surface area (Å²) in [5.74, 6) is -2.84. The normalized spacial score (nSPS) is 11.1. The molecule has 0 bridgehead atoms. The number of carbonyl (C=O) groups excluding carboxylic acids is 2. The number of ether oxygens (including phenoxy) is 1. The van der Waals surface area contributed by atoms with Crippen molar-refractivity contribution < 1.29 is 27.9 Å². The van der Waals surface area contributed by atoms with Gasteiger partial charge in [-0.2, -0.15) is 5.10 Å². The maximum Gasteiger partial charge on any atom is 0.411 e. The van der Waals surface area contributed by atoms with Crippen LogP contribution in [0.5, 0.6) is 0 Å². The van der Waals surface area contributed by atoms with Crippen molar-refractivity contribution in [2.75, 3.05) is 24.4 Å². The summed E-state index contributed by atoms with van der Waals surface area (Å²) >= 11 is 0. The molecule has 0 saturated heterocycles. The number of amides is 2. The molecular formula is C27H29F2N7O4. The summed E-state index contributed by atoms with van der Waals surface area (Å²) in [7, 11) is 1.20. The topological polar surface area (TPSA) is 132 Å². The van der Waals surface area contributed by atoms with Gasteiger partial charge < -0.3 is 10.1 Å². The number of halogens is 2. The number of rotatable bonds is 10. The highest BCUT2D eigenvalue weighted by Gasteiger charge is 2.22. The van der Waals surface area contributed by atoms with E-state index in [4.69, 9.17) is 4.74 Å². The molecule has 3 aromatic heterocycles. The number of hydrogen-bond donors (Lipinski definition) is 3. The number of nitrogens with zero attached hydrogens (tertiary/aromatic N) is 4. The van der Waals surface area contributed by atoms with Crippen LogP contribution in [0.3, 0.4) is 0 Å². The Kier molecular flexibility index (Phi) is 8.84. The highest BCUT2D eigenvalue weighted by Crippen LogP contribution is 2.35. The predicted octanol–water partition coefficient (Wildman–Crippen LogP) is 5.05. The van der Waals surface area contributed by atoms with Gasteiger partial charge in [0.05, 0.1) is 36.9 Å². The van der Waals surface area contributed by atoms with E-state index in [2.05, 4.69) is 30.5 Å². The molecule has 0 atom stereocenters. The van der Waals surface area contributed by atoms with Gasteiger partial charge in [0, 0.05) is 23.0 Å². The third-order valence-corrected chi connectivity index (χ3v) is 5.93. The zero-order valence-corrected chi connectivity index (χ0v) is 22.4. The largest absolute Gasteiger partial charge is 0.449 e. The van der Waals surface area contributed by atoms with E-state index in [0.717, 1.165) is 17.5 Å². The van der Waals surface area contributed by atoms with Gasteiger partial charge in [-0.15, -0.1) is 0 Å². The van der Waals surface area contributed by atoms with E-state index in [1.807, 2.05) is 44.5 Å². The van der Waals surface area contributed by atoms with Gasteiger partial charge in [-0.1, -0.05) is 19.9 Å². The van der Waals surface area contributed by atoms with Crippen molar-refractivity contribution in [2.24, 2.45) is 0 Å². The van der Waals surface area contributed by atoms with Gasteiger partial charge in [-0.05, 0) is 43.9 Å². The maximum atomic E-state index is 14.7. The highest BCUT2D eigenvalue weighted by atomic mass is 19.1. The highest BCUT2D eigenvalue weighted by molar-refractivity contribution is 5.95. The molecule has 0 fully saturated rings. The van der Waals surface area contributed by atoms with E-state index >= 15 is 0 Å². The summed E-state index contributed by atoms with van der Waals surface area (Å²) in [6.45, 7) is 5.93. The molecule has 0 aliphatic rings. The molecule has 0 aliphatic heterocycles. The average Bonchev–Trinajstić information content (AvgIpc) is 3.27. The lowest BCUT2D eigenvalue weighted by Crippen LogP contribution is -2.23. The van der Waals surface area contributed by atoms with Gasteiger partial charge in [0.25, 0.3) is 5.91 Å².